The van der Waals surface area contributed by atoms with Crippen molar-refractivity contribution in [2.75, 3.05) is 13.1 Å². The molecule has 1 saturated heterocycles. The summed E-state index contributed by atoms with van der Waals surface area (Å²) >= 11 is 0. The highest BCUT2D eigenvalue weighted by molar-refractivity contribution is 5.76. The molecule has 0 spiro atoms. The smallest absolute Gasteiger partial charge is 0.220 e. The number of hydrogen-bond donors (Lipinski definition) is 2. The normalized spacial score (nSPS) is 28.9. The fraction of sp³-hybridized carbons (Fsp3) is 0.688. The molecule has 3 atom stereocenters. The van der Waals surface area contributed by atoms with Crippen LogP contribution in [0.5, 0.6) is 0 Å². The van der Waals surface area contributed by atoms with Gasteiger partial charge in [-0.2, -0.15) is 0 Å². The van der Waals surface area contributed by atoms with Crippen LogP contribution >= 0.6 is 0 Å². The maximum Gasteiger partial charge on any atom is 0.220 e. The first-order chi connectivity index (χ1) is 10.7. The summed E-state index contributed by atoms with van der Waals surface area (Å²) in [7, 11) is 0. The average molecular weight is 304 g/mol. The minimum atomic E-state index is -0.200. The van der Waals surface area contributed by atoms with Crippen LogP contribution in [-0.4, -0.2) is 57.2 Å². The van der Waals surface area contributed by atoms with Crippen molar-refractivity contribution in [3.8, 4) is 0 Å². The Morgan fingerprint density at radius 1 is 1.36 bits per heavy atom. The molecule has 2 aliphatic rings. The summed E-state index contributed by atoms with van der Waals surface area (Å²) in [5.41, 5.74) is 0.850. The fourth-order valence-corrected chi connectivity index (χ4v) is 3.59. The molecule has 0 radical (unpaired) electrons. The van der Waals surface area contributed by atoms with Crippen molar-refractivity contribution in [1.29, 1.82) is 0 Å². The second-order valence-electron chi connectivity index (χ2n) is 6.31. The molecule has 2 N–H and O–H groups in total. The summed E-state index contributed by atoms with van der Waals surface area (Å²) in [6, 6.07) is 0.609. The van der Waals surface area contributed by atoms with Gasteiger partial charge in [0, 0.05) is 50.2 Å². The molecule has 0 bridgehead atoms. The van der Waals surface area contributed by atoms with E-state index in [0.29, 0.717) is 18.9 Å². The largest absolute Gasteiger partial charge is 0.392 e. The molecule has 6 nitrogen and oxygen atoms in total. The van der Waals surface area contributed by atoms with Crippen molar-refractivity contribution in [3.63, 3.8) is 0 Å². The summed E-state index contributed by atoms with van der Waals surface area (Å²) < 4.78 is 0. The van der Waals surface area contributed by atoms with Gasteiger partial charge in [-0.15, -0.1) is 0 Å². The van der Waals surface area contributed by atoms with Crippen molar-refractivity contribution in [2.45, 2.75) is 56.7 Å². The van der Waals surface area contributed by atoms with Crippen molar-refractivity contribution in [2.24, 2.45) is 0 Å². The highest BCUT2D eigenvalue weighted by Gasteiger charge is 2.36. The van der Waals surface area contributed by atoms with E-state index >= 15 is 0 Å². The van der Waals surface area contributed by atoms with Crippen LogP contribution in [0.2, 0.25) is 0 Å². The Balaban J connectivity index is 1.48. The predicted octanol–water partition coefficient (Wildman–Crippen LogP) is 0.513. The Bertz CT molecular complexity index is 496. The Morgan fingerprint density at radius 2 is 2.27 bits per heavy atom. The molecule has 2 heterocycles. The molecule has 1 amide bonds. The van der Waals surface area contributed by atoms with E-state index in [9.17, 15) is 9.90 Å². The van der Waals surface area contributed by atoms with Gasteiger partial charge in [0.1, 0.15) is 0 Å². The van der Waals surface area contributed by atoms with Crippen LogP contribution in [-0.2, 0) is 11.2 Å². The van der Waals surface area contributed by atoms with Crippen LogP contribution in [0.4, 0.5) is 0 Å². The number of aromatic nitrogens is 2. The lowest BCUT2D eigenvalue weighted by Gasteiger charge is -2.29. The second-order valence-corrected chi connectivity index (χ2v) is 6.31. The number of β-amino-alcohol motifs (C(OH)–C–C–N with tert-alkyl or cyclic N) is 1. The minimum Gasteiger partial charge on any atom is -0.392 e. The van der Waals surface area contributed by atoms with E-state index in [0.717, 1.165) is 44.5 Å². The lowest BCUT2D eigenvalue weighted by Crippen LogP contribution is -2.48. The number of likely N-dealkylation sites (tertiary alicyclic amines) is 1. The maximum absolute atomic E-state index is 12.2. The van der Waals surface area contributed by atoms with Gasteiger partial charge < -0.3 is 10.4 Å². The molecule has 6 heteroatoms. The number of carbonyl (C=O) groups is 1. The first-order valence-electron chi connectivity index (χ1n) is 8.19. The average Bonchev–Trinajstić information content (AvgIpc) is 3.15. The third-order valence-corrected chi connectivity index (χ3v) is 4.71. The van der Waals surface area contributed by atoms with Crippen LogP contribution < -0.4 is 5.32 Å². The summed E-state index contributed by atoms with van der Waals surface area (Å²) in [6.07, 6.45) is 10.0. The van der Waals surface area contributed by atoms with Gasteiger partial charge in [0.05, 0.1) is 11.8 Å². The Labute approximate surface area is 131 Å². The molecule has 3 rings (SSSR count). The predicted molar refractivity (Wildman–Crippen MR) is 82.1 cm³/mol. The zero-order valence-corrected chi connectivity index (χ0v) is 12.8. The summed E-state index contributed by atoms with van der Waals surface area (Å²) in [4.78, 5) is 22.7. The zero-order chi connectivity index (χ0) is 15.4. The highest BCUT2D eigenvalue weighted by Crippen LogP contribution is 2.27. The first kappa shape index (κ1) is 15.4. The lowest BCUT2D eigenvalue weighted by atomic mass is 10.1. The third kappa shape index (κ3) is 3.81. The summed E-state index contributed by atoms with van der Waals surface area (Å²) in [5, 5.41) is 12.9. The van der Waals surface area contributed by atoms with Gasteiger partial charge in [0.2, 0.25) is 5.91 Å². The maximum atomic E-state index is 12.2. The molecular formula is C16H24N4O2. The topological polar surface area (TPSA) is 78.4 Å². The molecule has 1 saturated carbocycles. The Morgan fingerprint density at radius 3 is 3.00 bits per heavy atom. The Kier molecular flexibility index (Phi) is 5.00. The molecule has 1 aromatic rings. The number of nitrogens with zero attached hydrogens (tertiary/aromatic N) is 3. The van der Waals surface area contributed by atoms with E-state index in [1.54, 1.807) is 18.6 Å². The molecule has 1 aromatic heterocycles. The molecule has 1 unspecified atom stereocenters. The van der Waals surface area contributed by atoms with Crippen molar-refractivity contribution in [1.82, 2.24) is 20.2 Å². The number of rotatable bonds is 5. The van der Waals surface area contributed by atoms with Gasteiger partial charge >= 0.3 is 0 Å². The quantitative estimate of drug-likeness (QED) is 0.829. The van der Waals surface area contributed by atoms with Gasteiger partial charge in [0.25, 0.3) is 0 Å². The van der Waals surface area contributed by atoms with Gasteiger partial charge in [-0.25, -0.2) is 0 Å². The number of aliphatic hydroxyl groups excluding tert-OH is 1. The number of aryl methyl sites for hydroxylation is 1. The monoisotopic (exact) mass is 304 g/mol. The van der Waals surface area contributed by atoms with Crippen LogP contribution in [0.15, 0.2) is 18.6 Å². The Hall–Kier alpha value is -1.53. The minimum absolute atomic E-state index is 0.0855. The van der Waals surface area contributed by atoms with E-state index in [1.165, 1.54) is 0 Å². The number of aliphatic hydroxyl groups is 1. The van der Waals surface area contributed by atoms with Gasteiger partial charge in [-0.3, -0.25) is 19.7 Å². The molecule has 22 heavy (non-hydrogen) atoms. The lowest BCUT2D eigenvalue weighted by molar-refractivity contribution is -0.122. The molecule has 0 aromatic carbocycles. The van der Waals surface area contributed by atoms with E-state index in [4.69, 9.17) is 0 Å². The molecule has 120 valence electrons. The molecule has 2 fully saturated rings. The highest BCUT2D eigenvalue weighted by atomic mass is 16.3. The van der Waals surface area contributed by atoms with Crippen molar-refractivity contribution >= 4 is 5.91 Å². The van der Waals surface area contributed by atoms with Crippen LogP contribution in [0.1, 0.15) is 37.8 Å². The zero-order valence-electron chi connectivity index (χ0n) is 12.8. The SMILES string of the molecule is O=C(CCc1cnccn1)N[C@@H]1CCC[C@@H]1N1CCC(O)C1. The fourth-order valence-electron chi connectivity index (χ4n) is 3.59. The molecular weight excluding hydrogens is 280 g/mol. The third-order valence-electron chi connectivity index (χ3n) is 4.71. The number of amides is 1. The van der Waals surface area contributed by atoms with Crippen LogP contribution in [0.3, 0.4) is 0 Å². The van der Waals surface area contributed by atoms with Gasteiger partial charge in [0.15, 0.2) is 0 Å². The standard InChI is InChI=1S/C16H24N4O2/c21-13-6-9-20(11-13)15-3-1-2-14(15)19-16(22)5-4-12-10-17-7-8-18-12/h7-8,10,13-15,21H,1-6,9,11H2,(H,19,22)/t13?,14-,15+/m1/s1. The second kappa shape index (κ2) is 7.15. The van der Waals surface area contributed by atoms with E-state index < -0.39 is 0 Å². The van der Waals surface area contributed by atoms with Crippen molar-refractivity contribution in [3.05, 3.63) is 24.3 Å². The molecule has 1 aliphatic carbocycles. The first-order valence-corrected chi connectivity index (χ1v) is 8.19. The van der Waals surface area contributed by atoms with Crippen LogP contribution in [0.25, 0.3) is 0 Å². The number of nitrogens with one attached hydrogen (secondary N) is 1. The number of carbonyl (C=O) groups excluding carboxylic acids is 1. The van der Waals surface area contributed by atoms with E-state index in [-0.39, 0.29) is 18.1 Å². The number of hydrogen-bond acceptors (Lipinski definition) is 5. The van der Waals surface area contributed by atoms with Gasteiger partial charge in [-0.05, 0) is 32.1 Å². The van der Waals surface area contributed by atoms with Crippen molar-refractivity contribution < 1.29 is 9.90 Å². The van der Waals surface area contributed by atoms with Gasteiger partial charge in [-0.1, -0.05) is 0 Å². The van der Waals surface area contributed by atoms with E-state index in [1.807, 2.05) is 0 Å². The summed E-state index contributed by atoms with van der Waals surface area (Å²) in [6.45, 7) is 1.69. The summed E-state index contributed by atoms with van der Waals surface area (Å²) in [5.74, 6) is 0.0855. The molecule has 1 aliphatic heterocycles. The van der Waals surface area contributed by atoms with E-state index in [2.05, 4.69) is 20.2 Å². The van der Waals surface area contributed by atoms with Crippen LogP contribution in [0, 0.1) is 0 Å².